The van der Waals surface area contributed by atoms with Gasteiger partial charge in [-0.3, -0.25) is 4.79 Å². The highest BCUT2D eigenvalue weighted by molar-refractivity contribution is 6.36. The molecule has 0 saturated carbocycles. The van der Waals surface area contributed by atoms with Crippen molar-refractivity contribution in [3.63, 3.8) is 0 Å². The van der Waals surface area contributed by atoms with Crippen LogP contribution in [0.25, 0.3) is 0 Å². The quantitative estimate of drug-likeness (QED) is 0.813. The summed E-state index contributed by atoms with van der Waals surface area (Å²) in [7, 11) is 0. The molecular weight excluding hydrogens is 309 g/mol. The van der Waals surface area contributed by atoms with Gasteiger partial charge < -0.3 is 10.1 Å². The second-order valence-electron chi connectivity index (χ2n) is 4.48. The summed E-state index contributed by atoms with van der Waals surface area (Å²) in [6, 6.07) is 10.6. The van der Waals surface area contributed by atoms with Gasteiger partial charge in [-0.2, -0.15) is 0 Å². The summed E-state index contributed by atoms with van der Waals surface area (Å²) in [5.74, 6) is 0.948. The zero-order valence-corrected chi connectivity index (χ0v) is 13.3. The summed E-state index contributed by atoms with van der Waals surface area (Å²) >= 11 is 12.2. The fourth-order valence-corrected chi connectivity index (χ4v) is 2.14. The van der Waals surface area contributed by atoms with Gasteiger partial charge in [0.25, 0.3) is 0 Å². The van der Waals surface area contributed by atoms with Gasteiger partial charge in [0.1, 0.15) is 5.75 Å². The summed E-state index contributed by atoms with van der Waals surface area (Å²) in [4.78, 5) is 11.5. The van der Waals surface area contributed by atoms with Crippen molar-refractivity contribution < 1.29 is 9.53 Å². The van der Waals surface area contributed by atoms with Crippen molar-refractivity contribution in [1.29, 1.82) is 0 Å². The van der Waals surface area contributed by atoms with Crippen LogP contribution in [-0.4, -0.2) is 5.91 Å². The van der Waals surface area contributed by atoms with Crippen molar-refractivity contribution in [2.24, 2.45) is 0 Å². The molecule has 5 heteroatoms. The summed E-state index contributed by atoms with van der Waals surface area (Å²) < 4.78 is 5.82. The molecule has 0 fully saturated rings. The molecule has 0 aliphatic rings. The Labute approximate surface area is 133 Å². The predicted octanol–water partition coefficient (Wildman–Crippen LogP) is 5.44. The van der Waals surface area contributed by atoms with Crippen LogP contribution in [0.15, 0.2) is 36.4 Å². The van der Waals surface area contributed by atoms with E-state index in [4.69, 9.17) is 27.9 Å². The number of rotatable bonds is 4. The van der Waals surface area contributed by atoms with E-state index in [1.807, 2.05) is 19.1 Å². The maximum Gasteiger partial charge on any atom is 0.224 e. The molecule has 0 radical (unpaired) electrons. The number of hydrogen-bond acceptors (Lipinski definition) is 2. The van der Waals surface area contributed by atoms with Crippen LogP contribution in [-0.2, 0) is 4.79 Å². The first-order valence-corrected chi connectivity index (χ1v) is 7.29. The molecule has 110 valence electrons. The van der Waals surface area contributed by atoms with Gasteiger partial charge in [0.2, 0.25) is 5.91 Å². The molecule has 0 atom stereocenters. The third-order valence-corrected chi connectivity index (χ3v) is 3.87. The molecule has 2 aromatic carbocycles. The van der Waals surface area contributed by atoms with Crippen molar-refractivity contribution in [1.82, 2.24) is 0 Å². The van der Waals surface area contributed by atoms with E-state index in [-0.39, 0.29) is 5.91 Å². The van der Waals surface area contributed by atoms with Gasteiger partial charge in [0.05, 0.1) is 10.7 Å². The van der Waals surface area contributed by atoms with Crippen molar-refractivity contribution in [3.05, 3.63) is 52.0 Å². The largest absolute Gasteiger partial charge is 0.454 e. The van der Waals surface area contributed by atoms with E-state index < -0.39 is 0 Å². The van der Waals surface area contributed by atoms with Crippen LogP contribution in [0.1, 0.15) is 18.9 Å². The summed E-state index contributed by atoms with van der Waals surface area (Å²) in [5.41, 5.74) is 1.36. The molecule has 2 rings (SSSR count). The van der Waals surface area contributed by atoms with Crippen LogP contribution in [0.4, 0.5) is 5.69 Å². The molecular formula is C16H15Cl2NO2. The molecule has 0 aliphatic carbocycles. The van der Waals surface area contributed by atoms with Gasteiger partial charge in [-0.05, 0) is 36.8 Å². The van der Waals surface area contributed by atoms with Crippen molar-refractivity contribution in [2.45, 2.75) is 20.3 Å². The monoisotopic (exact) mass is 323 g/mol. The second kappa shape index (κ2) is 6.83. The summed E-state index contributed by atoms with van der Waals surface area (Å²) in [6.45, 7) is 3.61. The van der Waals surface area contributed by atoms with E-state index in [9.17, 15) is 4.79 Å². The van der Waals surface area contributed by atoms with E-state index in [0.717, 1.165) is 5.56 Å². The predicted molar refractivity (Wildman–Crippen MR) is 86.6 cm³/mol. The lowest BCUT2D eigenvalue weighted by Gasteiger charge is -2.14. The number of amides is 1. The minimum atomic E-state index is -0.0792. The van der Waals surface area contributed by atoms with Crippen LogP contribution in [0.5, 0.6) is 11.5 Å². The lowest BCUT2D eigenvalue weighted by atomic mass is 10.2. The van der Waals surface area contributed by atoms with Gasteiger partial charge in [-0.15, -0.1) is 0 Å². The summed E-state index contributed by atoms with van der Waals surface area (Å²) in [6.07, 6.45) is 0.398. The van der Waals surface area contributed by atoms with Gasteiger partial charge in [0.15, 0.2) is 5.75 Å². The van der Waals surface area contributed by atoms with Crippen LogP contribution in [0.2, 0.25) is 10.0 Å². The van der Waals surface area contributed by atoms with Crippen molar-refractivity contribution in [2.75, 3.05) is 5.32 Å². The van der Waals surface area contributed by atoms with Crippen molar-refractivity contribution in [3.8, 4) is 11.5 Å². The Morgan fingerprint density at radius 1 is 1.14 bits per heavy atom. The Morgan fingerprint density at radius 2 is 1.86 bits per heavy atom. The SMILES string of the molecule is CCC(=O)Nc1ccccc1Oc1ccc(Cl)c(C)c1Cl. The zero-order chi connectivity index (χ0) is 15.4. The van der Waals surface area contributed by atoms with Crippen LogP contribution < -0.4 is 10.1 Å². The number of benzene rings is 2. The first-order valence-electron chi connectivity index (χ1n) is 6.54. The highest BCUT2D eigenvalue weighted by atomic mass is 35.5. The number of anilines is 1. The Morgan fingerprint density at radius 3 is 2.57 bits per heavy atom. The van der Waals surface area contributed by atoms with Crippen LogP contribution in [0, 0.1) is 6.92 Å². The number of carbonyl (C=O) groups is 1. The molecule has 0 spiro atoms. The number of halogens is 2. The second-order valence-corrected chi connectivity index (χ2v) is 5.27. The van der Waals surface area contributed by atoms with E-state index in [0.29, 0.717) is 33.7 Å². The minimum Gasteiger partial charge on any atom is -0.454 e. The maximum absolute atomic E-state index is 11.5. The molecule has 3 nitrogen and oxygen atoms in total. The number of nitrogens with one attached hydrogen (secondary N) is 1. The molecule has 0 heterocycles. The Hall–Kier alpha value is -1.71. The number of para-hydroxylation sites is 2. The molecule has 21 heavy (non-hydrogen) atoms. The zero-order valence-electron chi connectivity index (χ0n) is 11.7. The first kappa shape index (κ1) is 15.7. The molecule has 0 aliphatic heterocycles. The number of hydrogen-bond donors (Lipinski definition) is 1. The molecule has 0 unspecified atom stereocenters. The lowest BCUT2D eigenvalue weighted by Crippen LogP contribution is -2.10. The molecule has 0 aromatic heterocycles. The lowest BCUT2D eigenvalue weighted by molar-refractivity contribution is -0.115. The molecule has 0 bridgehead atoms. The highest BCUT2D eigenvalue weighted by Crippen LogP contribution is 2.37. The van der Waals surface area contributed by atoms with E-state index in [2.05, 4.69) is 5.32 Å². The average molecular weight is 324 g/mol. The average Bonchev–Trinajstić information content (AvgIpc) is 2.49. The van der Waals surface area contributed by atoms with Crippen LogP contribution >= 0.6 is 23.2 Å². The smallest absolute Gasteiger partial charge is 0.224 e. The Kier molecular flexibility index (Phi) is 5.10. The fourth-order valence-electron chi connectivity index (χ4n) is 1.73. The molecule has 0 saturated heterocycles. The third-order valence-electron chi connectivity index (χ3n) is 2.99. The number of ether oxygens (including phenoxy) is 1. The van der Waals surface area contributed by atoms with E-state index in [1.165, 1.54) is 0 Å². The molecule has 1 N–H and O–H groups in total. The minimum absolute atomic E-state index is 0.0792. The Bertz CT molecular complexity index is 671. The van der Waals surface area contributed by atoms with Gasteiger partial charge in [-0.1, -0.05) is 42.3 Å². The number of carbonyl (C=O) groups excluding carboxylic acids is 1. The third kappa shape index (κ3) is 3.69. The van der Waals surface area contributed by atoms with E-state index >= 15 is 0 Å². The van der Waals surface area contributed by atoms with Gasteiger partial charge in [0, 0.05) is 11.4 Å². The van der Waals surface area contributed by atoms with Crippen LogP contribution in [0.3, 0.4) is 0 Å². The van der Waals surface area contributed by atoms with Gasteiger partial charge in [-0.25, -0.2) is 0 Å². The molecule has 1 amide bonds. The fraction of sp³-hybridized carbons (Fsp3) is 0.188. The van der Waals surface area contributed by atoms with E-state index in [1.54, 1.807) is 31.2 Å². The standard InChI is InChI=1S/C16H15Cl2NO2/c1-3-15(20)19-12-6-4-5-7-13(12)21-14-9-8-11(17)10(2)16(14)18/h4-9H,3H2,1-2H3,(H,19,20). The van der Waals surface area contributed by atoms with Gasteiger partial charge >= 0.3 is 0 Å². The van der Waals surface area contributed by atoms with Crippen molar-refractivity contribution >= 4 is 34.8 Å². The molecule has 2 aromatic rings. The Balaban J connectivity index is 2.32. The summed E-state index contributed by atoms with van der Waals surface area (Å²) in [5, 5.41) is 3.83. The maximum atomic E-state index is 11.5. The topological polar surface area (TPSA) is 38.3 Å². The highest BCUT2D eigenvalue weighted by Gasteiger charge is 2.12. The first-order chi connectivity index (χ1) is 10.0. The normalized spacial score (nSPS) is 10.3.